The summed E-state index contributed by atoms with van der Waals surface area (Å²) >= 11 is 0. The third-order valence-electron chi connectivity index (χ3n) is 2.45. The molecular weight excluding hydrogens is 164 g/mol. The molecule has 0 aliphatic heterocycles. The van der Waals surface area contributed by atoms with E-state index in [9.17, 15) is 10.2 Å². The first-order valence-electron chi connectivity index (χ1n) is 4.91. The zero-order chi connectivity index (χ0) is 10.9. The Morgan fingerprint density at radius 2 is 1.00 bits per heavy atom. The van der Waals surface area contributed by atoms with Crippen LogP contribution in [0.3, 0.4) is 0 Å². The Labute approximate surface area is 82.0 Å². The molecule has 0 amide bonds. The summed E-state index contributed by atoms with van der Waals surface area (Å²) in [6.45, 7) is 11.9. The molecule has 0 heterocycles. The Hall–Kier alpha value is -0.0800. The van der Waals surface area contributed by atoms with Gasteiger partial charge in [-0.25, -0.2) is 0 Å². The van der Waals surface area contributed by atoms with Gasteiger partial charge < -0.3 is 10.2 Å². The number of aliphatic hydroxyl groups excluding tert-OH is 2. The van der Waals surface area contributed by atoms with E-state index in [2.05, 4.69) is 0 Å². The quantitative estimate of drug-likeness (QED) is 0.697. The molecule has 2 atom stereocenters. The first kappa shape index (κ1) is 12.9. The molecule has 0 unspecified atom stereocenters. The average molecular weight is 188 g/mol. The van der Waals surface area contributed by atoms with Crippen LogP contribution in [-0.2, 0) is 0 Å². The standard InChI is InChI=1S/C11H24O2/c1-10(2,3)8(12)7-9(13)11(4,5)6/h8-9,12-13H,7H2,1-6H3/t8-,9-/m0/s1. The van der Waals surface area contributed by atoms with Crippen molar-refractivity contribution in [2.45, 2.75) is 60.2 Å². The fraction of sp³-hybridized carbons (Fsp3) is 1.00. The molecule has 0 radical (unpaired) electrons. The van der Waals surface area contributed by atoms with Crippen LogP contribution in [0.25, 0.3) is 0 Å². The number of hydrogen-bond donors (Lipinski definition) is 2. The van der Waals surface area contributed by atoms with Crippen molar-refractivity contribution in [1.82, 2.24) is 0 Å². The normalized spacial score (nSPS) is 18.5. The van der Waals surface area contributed by atoms with Crippen molar-refractivity contribution in [3.8, 4) is 0 Å². The summed E-state index contributed by atoms with van der Waals surface area (Å²) in [5.41, 5.74) is -0.293. The average Bonchev–Trinajstić information content (AvgIpc) is 1.82. The van der Waals surface area contributed by atoms with Gasteiger partial charge in [0.2, 0.25) is 0 Å². The molecule has 0 aromatic rings. The smallest absolute Gasteiger partial charge is 0.0613 e. The van der Waals surface area contributed by atoms with Gasteiger partial charge in [0, 0.05) is 6.42 Å². The summed E-state index contributed by atoms with van der Waals surface area (Å²) in [6.07, 6.45) is -0.434. The minimum atomic E-state index is -0.443. The van der Waals surface area contributed by atoms with Crippen molar-refractivity contribution in [3.05, 3.63) is 0 Å². The lowest BCUT2D eigenvalue weighted by molar-refractivity contribution is -0.0239. The molecule has 0 aromatic carbocycles. The molecule has 0 saturated heterocycles. The zero-order valence-corrected chi connectivity index (χ0v) is 9.76. The van der Waals surface area contributed by atoms with Crippen LogP contribution in [0.1, 0.15) is 48.0 Å². The Kier molecular flexibility index (Phi) is 3.95. The number of aliphatic hydroxyl groups is 2. The monoisotopic (exact) mass is 188 g/mol. The van der Waals surface area contributed by atoms with E-state index >= 15 is 0 Å². The molecule has 80 valence electrons. The predicted octanol–water partition coefficient (Wildman–Crippen LogP) is 2.19. The Balaban J connectivity index is 4.15. The van der Waals surface area contributed by atoms with Gasteiger partial charge in [-0.05, 0) is 10.8 Å². The lowest BCUT2D eigenvalue weighted by Crippen LogP contribution is -2.35. The minimum absolute atomic E-state index is 0.147. The van der Waals surface area contributed by atoms with E-state index in [0.717, 1.165) is 0 Å². The lowest BCUT2D eigenvalue weighted by Gasteiger charge is -2.32. The molecular formula is C11H24O2. The van der Waals surface area contributed by atoms with Gasteiger partial charge >= 0.3 is 0 Å². The van der Waals surface area contributed by atoms with Crippen LogP contribution < -0.4 is 0 Å². The molecule has 2 nitrogen and oxygen atoms in total. The molecule has 0 rings (SSSR count). The van der Waals surface area contributed by atoms with Crippen molar-refractivity contribution >= 4 is 0 Å². The predicted molar refractivity (Wildman–Crippen MR) is 55.5 cm³/mol. The Morgan fingerprint density at radius 1 is 0.769 bits per heavy atom. The van der Waals surface area contributed by atoms with Crippen LogP contribution >= 0.6 is 0 Å². The Morgan fingerprint density at radius 3 is 1.15 bits per heavy atom. The minimum Gasteiger partial charge on any atom is -0.392 e. The molecule has 2 heteroatoms. The molecule has 13 heavy (non-hydrogen) atoms. The number of rotatable bonds is 2. The fourth-order valence-corrected chi connectivity index (χ4v) is 0.919. The van der Waals surface area contributed by atoms with Gasteiger partial charge in [-0.1, -0.05) is 41.5 Å². The molecule has 0 saturated carbocycles. The number of hydrogen-bond acceptors (Lipinski definition) is 2. The first-order chi connectivity index (χ1) is 5.55. The molecule has 0 spiro atoms. The zero-order valence-electron chi connectivity index (χ0n) is 9.76. The fourth-order valence-electron chi connectivity index (χ4n) is 0.919. The van der Waals surface area contributed by atoms with Crippen LogP contribution in [0.5, 0.6) is 0 Å². The second kappa shape index (κ2) is 3.97. The maximum Gasteiger partial charge on any atom is 0.0613 e. The van der Waals surface area contributed by atoms with Crippen LogP contribution in [0, 0.1) is 10.8 Å². The second-order valence-corrected chi connectivity index (χ2v) is 6.00. The van der Waals surface area contributed by atoms with Crippen LogP contribution in [0.15, 0.2) is 0 Å². The van der Waals surface area contributed by atoms with Crippen molar-refractivity contribution in [1.29, 1.82) is 0 Å². The van der Waals surface area contributed by atoms with E-state index in [-0.39, 0.29) is 10.8 Å². The summed E-state index contributed by atoms with van der Waals surface area (Å²) in [4.78, 5) is 0. The van der Waals surface area contributed by atoms with E-state index < -0.39 is 12.2 Å². The molecule has 0 aromatic heterocycles. The van der Waals surface area contributed by atoms with E-state index in [0.29, 0.717) is 6.42 Å². The van der Waals surface area contributed by atoms with E-state index in [4.69, 9.17) is 0 Å². The van der Waals surface area contributed by atoms with Crippen LogP contribution in [0.4, 0.5) is 0 Å². The highest BCUT2D eigenvalue weighted by Crippen LogP contribution is 2.28. The van der Waals surface area contributed by atoms with E-state index in [1.165, 1.54) is 0 Å². The summed E-state index contributed by atoms with van der Waals surface area (Å²) in [5.74, 6) is 0. The van der Waals surface area contributed by atoms with Crippen molar-refractivity contribution in [2.24, 2.45) is 10.8 Å². The summed E-state index contributed by atoms with van der Waals surface area (Å²) < 4.78 is 0. The largest absolute Gasteiger partial charge is 0.392 e. The lowest BCUT2D eigenvalue weighted by atomic mass is 9.79. The highest BCUT2D eigenvalue weighted by Gasteiger charge is 2.30. The van der Waals surface area contributed by atoms with Gasteiger partial charge in [0.15, 0.2) is 0 Å². The van der Waals surface area contributed by atoms with Crippen molar-refractivity contribution < 1.29 is 10.2 Å². The van der Waals surface area contributed by atoms with Crippen molar-refractivity contribution in [2.75, 3.05) is 0 Å². The Bertz CT molecular complexity index is 132. The van der Waals surface area contributed by atoms with Gasteiger partial charge in [-0.15, -0.1) is 0 Å². The van der Waals surface area contributed by atoms with Gasteiger partial charge in [0.25, 0.3) is 0 Å². The molecule has 0 fully saturated rings. The van der Waals surface area contributed by atoms with E-state index in [1.54, 1.807) is 0 Å². The van der Waals surface area contributed by atoms with Crippen LogP contribution in [-0.4, -0.2) is 22.4 Å². The summed E-state index contributed by atoms with van der Waals surface area (Å²) in [7, 11) is 0. The third kappa shape index (κ3) is 4.63. The first-order valence-corrected chi connectivity index (χ1v) is 4.91. The van der Waals surface area contributed by atoms with Gasteiger partial charge in [-0.3, -0.25) is 0 Å². The molecule has 0 aliphatic rings. The third-order valence-corrected chi connectivity index (χ3v) is 2.45. The molecule has 2 N–H and O–H groups in total. The van der Waals surface area contributed by atoms with Crippen LogP contribution in [0.2, 0.25) is 0 Å². The maximum absolute atomic E-state index is 9.76. The molecule has 0 bridgehead atoms. The highest BCUT2D eigenvalue weighted by molar-refractivity contribution is 4.81. The van der Waals surface area contributed by atoms with Gasteiger partial charge in [0.1, 0.15) is 0 Å². The van der Waals surface area contributed by atoms with Gasteiger partial charge in [0.05, 0.1) is 12.2 Å². The topological polar surface area (TPSA) is 40.5 Å². The highest BCUT2D eigenvalue weighted by atomic mass is 16.3. The van der Waals surface area contributed by atoms with Crippen molar-refractivity contribution in [3.63, 3.8) is 0 Å². The summed E-state index contributed by atoms with van der Waals surface area (Å²) in [6, 6.07) is 0. The second-order valence-electron chi connectivity index (χ2n) is 6.00. The SMILES string of the molecule is CC(C)(C)[C@@H](O)C[C@H](O)C(C)(C)C. The van der Waals surface area contributed by atoms with E-state index in [1.807, 2.05) is 41.5 Å². The molecule has 0 aliphatic carbocycles. The summed E-state index contributed by atoms with van der Waals surface area (Å²) in [5, 5.41) is 19.5. The van der Waals surface area contributed by atoms with Gasteiger partial charge in [-0.2, -0.15) is 0 Å². The maximum atomic E-state index is 9.76.